The van der Waals surface area contributed by atoms with E-state index >= 15 is 0 Å². The van der Waals surface area contributed by atoms with E-state index < -0.39 is 0 Å². The minimum absolute atomic E-state index is 0.228. The maximum atomic E-state index is 6.14. The molecular formula is C19H38Cl2S2. The van der Waals surface area contributed by atoms with E-state index in [1.165, 1.54) is 64.2 Å². The fourth-order valence-electron chi connectivity index (χ4n) is 2.85. The van der Waals surface area contributed by atoms with Crippen molar-refractivity contribution in [3.8, 4) is 0 Å². The molecule has 0 saturated heterocycles. The molecule has 0 aromatic carbocycles. The summed E-state index contributed by atoms with van der Waals surface area (Å²) in [4.78, 5) is -0.228. The summed E-state index contributed by atoms with van der Waals surface area (Å²) in [6, 6.07) is 0. The Hall–Kier alpha value is 1.28. The first-order chi connectivity index (χ1) is 11.0. The molecule has 4 heteroatoms. The van der Waals surface area contributed by atoms with Gasteiger partial charge in [-0.15, -0.1) is 23.2 Å². The van der Waals surface area contributed by atoms with E-state index in [1.807, 2.05) is 21.6 Å². The lowest BCUT2D eigenvalue weighted by Crippen LogP contribution is -2.20. The molecule has 0 aliphatic rings. The molecule has 0 rings (SSSR count). The molecule has 0 amide bonds. The Morgan fingerprint density at radius 1 is 0.739 bits per heavy atom. The molecule has 0 heterocycles. The summed E-state index contributed by atoms with van der Waals surface area (Å²) in [6.07, 6.45) is 14.5. The fourth-order valence-corrected chi connectivity index (χ4v) is 6.31. The molecule has 0 bridgehead atoms. The van der Waals surface area contributed by atoms with E-state index in [0.717, 1.165) is 12.3 Å². The first kappa shape index (κ1) is 24.3. The molecule has 0 aromatic heterocycles. The first-order valence-corrected chi connectivity index (χ1v) is 12.8. The van der Waals surface area contributed by atoms with Gasteiger partial charge in [-0.25, -0.2) is 0 Å². The third-order valence-electron chi connectivity index (χ3n) is 4.16. The number of alkyl halides is 2. The summed E-state index contributed by atoms with van der Waals surface area (Å²) in [5.41, 5.74) is 0. The standard InChI is InChI=1S/C19H38Cl2S2/c1-5-7-9-11-13-17(14-12-10-8-6-2)18(15-19(20)21)23-22-16(3)4/h16-19H,5-15H2,1-4H3/t18-/m1/s1. The summed E-state index contributed by atoms with van der Waals surface area (Å²) in [6.45, 7) is 9.10. The molecule has 0 aliphatic carbocycles. The van der Waals surface area contributed by atoms with Gasteiger partial charge in [0.2, 0.25) is 0 Å². The lowest BCUT2D eigenvalue weighted by molar-refractivity contribution is 0.388. The van der Waals surface area contributed by atoms with Crippen LogP contribution in [0.5, 0.6) is 0 Å². The smallest absolute Gasteiger partial charge is 0.105 e. The Balaban J connectivity index is 4.53. The van der Waals surface area contributed by atoms with Gasteiger partial charge in [-0.3, -0.25) is 0 Å². The Bertz CT molecular complexity index is 236. The minimum Gasteiger partial charge on any atom is -0.105 e. The van der Waals surface area contributed by atoms with Crippen molar-refractivity contribution in [2.45, 2.75) is 114 Å². The molecule has 0 nitrogen and oxygen atoms in total. The predicted molar refractivity (Wildman–Crippen MR) is 115 cm³/mol. The van der Waals surface area contributed by atoms with Crippen molar-refractivity contribution in [3.63, 3.8) is 0 Å². The Morgan fingerprint density at radius 2 is 1.26 bits per heavy atom. The molecule has 23 heavy (non-hydrogen) atoms. The van der Waals surface area contributed by atoms with Crippen molar-refractivity contribution >= 4 is 44.8 Å². The Labute approximate surface area is 164 Å². The van der Waals surface area contributed by atoms with Gasteiger partial charge in [-0.2, -0.15) is 0 Å². The Morgan fingerprint density at radius 3 is 1.65 bits per heavy atom. The predicted octanol–water partition coefficient (Wildman–Crippen LogP) is 8.90. The van der Waals surface area contributed by atoms with Crippen LogP contribution in [0.15, 0.2) is 0 Å². The van der Waals surface area contributed by atoms with Crippen LogP contribution in [0.4, 0.5) is 0 Å². The summed E-state index contributed by atoms with van der Waals surface area (Å²) in [5, 5.41) is 1.26. The second kappa shape index (κ2) is 16.7. The van der Waals surface area contributed by atoms with E-state index in [0.29, 0.717) is 10.5 Å². The van der Waals surface area contributed by atoms with E-state index in [-0.39, 0.29) is 4.84 Å². The average Bonchev–Trinajstić information content (AvgIpc) is 2.49. The second-order valence-electron chi connectivity index (χ2n) is 6.87. The van der Waals surface area contributed by atoms with Gasteiger partial charge < -0.3 is 0 Å². The van der Waals surface area contributed by atoms with Gasteiger partial charge in [-0.1, -0.05) is 101 Å². The van der Waals surface area contributed by atoms with Crippen molar-refractivity contribution in [1.29, 1.82) is 0 Å². The summed E-state index contributed by atoms with van der Waals surface area (Å²) in [7, 11) is 4.04. The molecule has 0 aliphatic heterocycles. The number of unbranched alkanes of at least 4 members (excludes halogenated alkanes) is 6. The molecule has 0 unspecified atom stereocenters. The quantitative estimate of drug-likeness (QED) is 0.144. The third kappa shape index (κ3) is 15.3. The zero-order valence-electron chi connectivity index (χ0n) is 15.7. The SMILES string of the molecule is CCCCCCC(CCCCCC)[C@@H](CC(Cl)Cl)SSC(C)C. The van der Waals surface area contributed by atoms with Crippen LogP contribution >= 0.6 is 44.8 Å². The van der Waals surface area contributed by atoms with E-state index in [1.54, 1.807) is 0 Å². The van der Waals surface area contributed by atoms with E-state index in [2.05, 4.69) is 27.7 Å². The van der Waals surface area contributed by atoms with E-state index in [9.17, 15) is 0 Å². The van der Waals surface area contributed by atoms with Gasteiger partial charge in [0.25, 0.3) is 0 Å². The molecule has 1 atom stereocenters. The number of rotatable bonds is 16. The highest BCUT2D eigenvalue weighted by molar-refractivity contribution is 8.77. The largest absolute Gasteiger partial charge is 0.108 e. The fraction of sp³-hybridized carbons (Fsp3) is 1.00. The normalized spacial score (nSPS) is 13.4. The highest BCUT2D eigenvalue weighted by atomic mass is 35.5. The zero-order valence-corrected chi connectivity index (χ0v) is 18.8. The minimum atomic E-state index is -0.228. The molecule has 0 spiro atoms. The van der Waals surface area contributed by atoms with Crippen LogP contribution in [0.3, 0.4) is 0 Å². The number of hydrogen-bond acceptors (Lipinski definition) is 2. The van der Waals surface area contributed by atoms with Gasteiger partial charge in [0.15, 0.2) is 0 Å². The zero-order chi connectivity index (χ0) is 17.5. The van der Waals surface area contributed by atoms with Crippen molar-refractivity contribution in [2.75, 3.05) is 0 Å². The maximum absolute atomic E-state index is 6.14. The van der Waals surface area contributed by atoms with Gasteiger partial charge in [0, 0.05) is 10.5 Å². The lowest BCUT2D eigenvalue weighted by atomic mass is 9.90. The molecule has 0 saturated carbocycles. The maximum Gasteiger partial charge on any atom is 0.108 e. The Kier molecular flexibility index (Phi) is 17.7. The number of hydrogen-bond donors (Lipinski definition) is 0. The van der Waals surface area contributed by atoms with Gasteiger partial charge in [-0.05, 0) is 25.2 Å². The monoisotopic (exact) mass is 400 g/mol. The highest BCUT2D eigenvalue weighted by Crippen LogP contribution is 2.41. The molecule has 0 radical (unpaired) electrons. The van der Waals surface area contributed by atoms with E-state index in [4.69, 9.17) is 23.2 Å². The summed E-state index contributed by atoms with van der Waals surface area (Å²) in [5.74, 6) is 0.778. The van der Waals surface area contributed by atoms with Crippen LogP contribution in [0.2, 0.25) is 0 Å². The van der Waals surface area contributed by atoms with Gasteiger partial charge in [0.05, 0.1) is 0 Å². The topological polar surface area (TPSA) is 0 Å². The second-order valence-corrected chi connectivity index (χ2v) is 11.2. The van der Waals surface area contributed by atoms with Crippen LogP contribution in [-0.2, 0) is 0 Å². The third-order valence-corrected chi connectivity index (χ3v) is 8.07. The number of halogens is 2. The lowest BCUT2D eigenvalue weighted by Gasteiger charge is -2.27. The van der Waals surface area contributed by atoms with Crippen LogP contribution in [0, 0.1) is 5.92 Å². The van der Waals surface area contributed by atoms with Crippen LogP contribution < -0.4 is 0 Å². The molecule has 0 aromatic rings. The molecular weight excluding hydrogens is 363 g/mol. The van der Waals surface area contributed by atoms with Crippen LogP contribution in [-0.4, -0.2) is 15.3 Å². The van der Waals surface area contributed by atoms with Crippen molar-refractivity contribution in [1.82, 2.24) is 0 Å². The van der Waals surface area contributed by atoms with Crippen molar-refractivity contribution in [2.24, 2.45) is 5.92 Å². The highest BCUT2D eigenvalue weighted by Gasteiger charge is 2.24. The average molecular weight is 402 g/mol. The van der Waals surface area contributed by atoms with Gasteiger partial charge in [0.1, 0.15) is 4.84 Å². The van der Waals surface area contributed by atoms with Crippen molar-refractivity contribution in [3.05, 3.63) is 0 Å². The van der Waals surface area contributed by atoms with Crippen molar-refractivity contribution < 1.29 is 0 Å². The molecule has 0 N–H and O–H groups in total. The van der Waals surface area contributed by atoms with Gasteiger partial charge >= 0.3 is 0 Å². The molecule has 140 valence electrons. The molecule has 0 fully saturated rings. The van der Waals surface area contributed by atoms with Crippen LogP contribution in [0.1, 0.15) is 98.3 Å². The summed E-state index contributed by atoms with van der Waals surface area (Å²) < 4.78 is 0. The van der Waals surface area contributed by atoms with Crippen LogP contribution in [0.25, 0.3) is 0 Å². The summed E-state index contributed by atoms with van der Waals surface area (Å²) >= 11 is 12.3. The first-order valence-electron chi connectivity index (χ1n) is 9.61.